The van der Waals surface area contributed by atoms with E-state index in [2.05, 4.69) is 10.0 Å². The third-order valence-electron chi connectivity index (χ3n) is 2.02. The van der Waals surface area contributed by atoms with Crippen LogP contribution in [-0.2, 0) is 14.3 Å². The highest BCUT2D eigenvalue weighted by atomic mass is 16.6. The molecule has 0 aromatic rings. The molecule has 0 bridgehead atoms. The number of fused-ring (bicyclic) bond motifs is 1. The van der Waals surface area contributed by atoms with Crippen LogP contribution < -0.4 is 0 Å². The molecule has 1 saturated heterocycles. The van der Waals surface area contributed by atoms with Gasteiger partial charge in [0.25, 0.3) is 0 Å². The van der Waals surface area contributed by atoms with Gasteiger partial charge in [0, 0.05) is 4.91 Å². The van der Waals surface area contributed by atoms with Crippen LogP contribution in [0.25, 0.3) is 10.4 Å². The van der Waals surface area contributed by atoms with E-state index in [0.29, 0.717) is 13.2 Å². The van der Waals surface area contributed by atoms with Crippen LogP contribution in [0.1, 0.15) is 0 Å². The number of rotatable bonds is 1. The minimum atomic E-state index is -0.477. The number of ether oxygens (including phenoxy) is 2. The van der Waals surface area contributed by atoms with Crippen molar-refractivity contribution in [2.45, 2.75) is 12.2 Å². The van der Waals surface area contributed by atoms with E-state index in [0.717, 1.165) is 0 Å². The Balaban J connectivity index is 2.00. The summed E-state index contributed by atoms with van der Waals surface area (Å²) >= 11 is 0. The van der Waals surface area contributed by atoms with Crippen LogP contribution in [0.5, 0.6) is 0 Å². The number of carbonyl (C=O) groups is 1. The average Bonchev–Trinajstić information content (AvgIpc) is 2.78. The lowest BCUT2D eigenvalue weighted by Gasteiger charge is -2.08. The molecule has 6 nitrogen and oxygen atoms in total. The zero-order valence-electron chi connectivity index (χ0n) is 6.21. The van der Waals surface area contributed by atoms with Crippen LogP contribution >= 0.6 is 0 Å². The molecular weight excluding hydrogens is 162 g/mol. The van der Waals surface area contributed by atoms with Crippen LogP contribution in [-0.4, -0.2) is 31.3 Å². The Morgan fingerprint density at radius 3 is 2.50 bits per heavy atom. The van der Waals surface area contributed by atoms with Gasteiger partial charge in [0.15, 0.2) is 0 Å². The Kier molecular flexibility index (Phi) is 1.73. The minimum Gasteiger partial charge on any atom is -0.372 e. The van der Waals surface area contributed by atoms with E-state index in [1.165, 1.54) is 0 Å². The number of amides is 1. The molecular formula is C6H7N3O3. The van der Waals surface area contributed by atoms with E-state index in [4.69, 9.17) is 15.0 Å². The maximum Gasteiger partial charge on any atom is 0.227 e. The van der Waals surface area contributed by atoms with Gasteiger partial charge in [-0.25, -0.2) is 0 Å². The molecule has 6 heteroatoms. The number of hydrogen-bond donors (Lipinski definition) is 0. The lowest BCUT2D eigenvalue weighted by Crippen LogP contribution is -2.16. The van der Waals surface area contributed by atoms with Crippen molar-refractivity contribution in [3.05, 3.63) is 10.4 Å². The molecule has 1 aliphatic heterocycles. The smallest absolute Gasteiger partial charge is 0.227 e. The summed E-state index contributed by atoms with van der Waals surface area (Å²) in [6.07, 6.45) is -0.339. The predicted octanol–water partition coefficient (Wildman–Crippen LogP) is 0.237. The van der Waals surface area contributed by atoms with Gasteiger partial charge in [-0.3, -0.25) is 4.79 Å². The van der Waals surface area contributed by atoms with Gasteiger partial charge < -0.3 is 9.47 Å². The summed E-state index contributed by atoms with van der Waals surface area (Å²) in [4.78, 5) is 13.4. The molecule has 1 saturated carbocycles. The second-order valence-corrected chi connectivity index (χ2v) is 2.72. The first-order chi connectivity index (χ1) is 5.84. The molecule has 2 fully saturated rings. The fourth-order valence-electron chi connectivity index (χ4n) is 1.41. The zero-order chi connectivity index (χ0) is 8.55. The van der Waals surface area contributed by atoms with Gasteiger partial charge in [-0.05, 0) is 10.6 Å². The summed E-state index contributed by atoms with van der Waals surface area (Å²) < 4.78 is 10.4. The second kappa shape index (κ2) is 2.75. The fourth-order valence-corrected chi connectivity index (χ4v) is 1.41. The van der Waals surface area contributed by atoms with Crippen molar-refractivity contribution in [2.75, 3.05) is 13.2 Å². The largest absolute Gasteiger partial charge is 0.372 e. The lowest BCUT2D eigenvalue weighted by atomic mass is 10.4. The average molecular weight is 169 g/mol. The van der Waals surface area contributed by atoms with E-state index in [-0.39, 0.29) is 18.1 Å². The Labute approximate surface area is 68.1 Å². The number of azide groups is 1. The topological polar surface area (TPSA) is 84.3 Å². The zero-order valence-corrected chi connectivity index (χ0v) is 6.21. The standard InChI is InChI=1S/C6H7N3O3/c7-9-8-6(10)3-4-5(3)12-2-1-11-4/h3-5H,1-2H2/t3?,4-,5+. The highest BCUT2D eigenvalue weighted by Crippen LogP contribution is 2.40. The van der Waals surface area contributed by atoms with Crippen molar-refractivity contribution in [3.63, 3.8) is 0 Å². The SMILES string of the molecule is [N-]=[N+]=NC(=O)C1[C@H]2OCCO[C@@H]12. The van der Waals surface area contributed by atoms with Gasteiger partial charge in [0.05, 0.1) is 31.3 Å². The number of carbonyl (C=O) groups excluding carboxylic acids is 1. The summed E-state index contributed by atoms with van der Waals surface area (Å²) in [6.45, 7) is 1.03. The Hall–Kier alpha value is -1.10. The Bertz CT molecular complexity index is 249. The third-order valence-corrected chi connectivity index (χ3v) is 2.02. The molecule has 3 atom stereocenters. The van der Waals surface area contributed by atoms with Crippen molar-refractivity contribution >= 4 is 5.91 Å². The van der Waals surface area contributed by atoms with Crippen molar-refractivity contribution in [1.29, 1.82) is 0 Å². The first-order valence-electron chi connectivity index (χ1n) is 3.67. The van der Waals surface area contributed by atoms with Gasteiger partial charge >= 0.3 is 0 Å². The van der Waals surface area contributed by atoms with Gasteiger partial charge in [-0.2, -0.15) is 0 Å². The molecule has 0 radical (unpaired) electrons. The summed E-state index contributed by atoms with van der Waals surface area (Å²) in [6, 6.07) is 0. The second-order valence-electron chi connectivity index (χ2n) is 2.72. The van der Waals surface area contributed by atoms with E-state index >= 15 is 0 Å². The molecule has 0 aromatic heterocycles. The summed E-state index contributed by atoms with van der Waals surface area (Å²) in [7, 11) is 0. The third kappa shape index (κ3) is 1.06. The van der Waals surface area contributed by atoms with E-state index in [1.54, 1.807) is 0 Å². The van der Waals surface area contributed by atoms with Crippen LogP contribution in [0, 0.1) is 5.92 Å². The number of hydrogen-bond acceptors (Lipinski definition) is 3. The van der Waals surface area contributed by atoms with E-state index in [1.807, 2.05) is 0 Å². The van der Waals surface area contributed by atoms with Crippen molar-refractivity contribution < 1.29 is 14.3 Å². The van der Waals surface area contributed by atoms with Gasteiger partial charge in [-0.1, -0.05) is 0 Å². The molecule has 1 aliphatic carbocycles. The molecule has 2 rings (SSSR count). The lowest BCUT2D eigenvalue weighted by molar-refractivity contribution is -0.120. The van der Waals surface area contributed by atoms with E-state index in [9.17, 15) is 4.79 Å². The normalized spacial score (nSPS) is 37.8. The van der Waals surface area contributed by atoms with Gasteiger partial charge in [-0.15, -0.1) is 0 Å². The molecule has 1 unspecified atom stereocenters. The maximum atomic E-state index is 11.0. The fraction of sp³-hybridized carbons (Fsp3) is 0.833. The Morgan fingerprint density at radius 1 is 1.42 bits per heavy atom. The van der Waals surface area contributed by atoms with Crippen LogP contribution in [0.3, 0.4) is 0 Å². The molecule has 0 N–H and O–H groups in total. The van der Waals surface area contributed by atoms with Crippen LogP contribution in [0.15, 0.2) is 5.11 Å². The predicted molar refractivity (Wildman–Crippen MR) is 37.1 cm³/mol. The van der Waals surface area contributed by atoms with Crippen LogP contribution in [0.2, 0.25) is 0 Å². The van der Waals surface area contributed by atoms with Crippen molar-refractivity contribution in [1.82, 2.24) is 0 Å². The summed E-state index contributed by atoms with van der Waals surface area (Å²) in [5.74, 6) is -0.835. The monoisotopic (exact) mass is 169 g/mol. The molecule has 12 heavy (non-hydrogen) atoms. The van der Waals surface area contributed by atoms with Crippen LogP contribution in [0.4, 0.5) is 0 Å². The first kappa shape index (κ1) is 7.54. The van der Waals surface area contributed by atoms with E-state index < -0.39 is 5.91 Å². The molecule has 1 heterocycles. The maximum absolute atomic E-state index is 11.0. The quantitative estimate of drug-likeness (QED) is 0.320. The first-order valence-corrected chi connectivity index (χ1v) is 3.67. The van der Waals surface area contributed by atoms with Crippen molar-refractivity contribution in [3.8, 4) is 0 Å². The number of nitrogens with zero attached hydrogens (tertiary/aromatic N) is 3. The summed E-state index contributed by atoms with van der Waals surface area (Å²) in [5, 5.41) is 2.99. The minimum absolute atomic E-state index is 0.170. The molecule has 2 aliphatic rings. The highest BCUT2D eigenvalue weighted by Gasteiger charge is 2.58. The Morgan fingerprint density at radius 2 is 2.00 bits per heavy atom. The molecule has 0 aromatic carbocycles. The molecule has 1 amide bonds. The molecule has 0 spiro atoms. The van der Waals surface area contributed by atoms with Crippen molar-refractivity contribution in [2.24, 2.45) is 11.0 Å². The summed E-state index contributed by atoms with van der Waals surface area (Å²) in [5.41, 5.74) is 8.00. The highest BCUT2D eigenvalue weighted by molar-refractivity contribution is 5.84. The molecule has 64 valence electrons. The van der Waals surface area contributed by atoms with Gasteiger partial charge in [0.1, 0.15) is 0 Å². The van der Waals surface area contributed by atoms with Gasteiger partial charge in [0.2, 0.25) is 5.91 Å².